The summed E-state index contributed by atoms with van der Waals surface area (Å²) < 4.78 is 9.97. The first kappa shape index (κ1) is 15.9. The van der Waals surface area contributed by atoms with Gasteiger partial charge in [0.2, 0.25) is 0 Å². The van der Waals surface area contributed by atoms with E-state index < -0.39 is 5.97 Å². The molecule has 0 saturated heterocycles. The quantitative estimate of drug-likeness (QED) is 0.713. The van der Waals surface area contributed by atoms with Gasteiger partial charge in [-0.1, -0.05) is 41.7 Å². The molecule has 2 aromatic heterocycles. The fourth-order valence-electron chi connectivity index (χ4n) is 2.06. The highest BCUT2D eigenvalue weighted by Crippen LogP contribution is 2.32. The minimum atomic E-state index is -0.460. The number of hydrogen-bond donors (Lipinski definition) is 1. The van der Waals surface area contributed by atoms with Gasteiger partial charge in [-0.05, 0) is 13.0 Å². The first-order valence-electron chi connectivity index (χ1n) is 7.26. The second kappa shape index (κ2) is 7.10. The Morgan fingerprint density at radius 3 is 2.71 bits per heavy atom. The SMILES string of the molecule is CCOC(=O)c1sc(NC(=O)c2ccoc2)nc1-c1ccccc1. The van der Waals surface area contributed by atoms with Crippen molar-refractivity contribution in [2.24, 2.45) is 0 Å². The van der Waals surface area contributed by atoms with Crippen LogP contribution in [0.1, 0.15) is 27.0 Å². The molecule has 0 atom stereocenters. The van der Waals surface area contributed by atoms with Crippen molar-refractivity contribution in [2.75, 3.05) is 11.9 Å². The number of furan rings is 1. The number of ether oxygens (including phenoxy) is 1. The van der Waals surface area contributed by atoms with Crippen molar-refractivity contribution in [3.05, 3.63) is 59.4 Å². The molecule has 1 aromatic carbocycles. The molecule has 0 aliphatic rings. The summed E-state index contributed by atoms with van der Waals surface area (Å²) in [5.74, 6) is -0.815. The first-order chi connectivity index (χ1) is 11.7. The molecule has 122 valence electrons. The van der Waals surface area contributed by atoms with Crippen molar-refractivity contribution in [3.63, 3.8) is 0 Å². The monoisotopic (exact) mass is 342 g/mol. The van der Waals surface area contributed by atoms with Gasteiger partial charge in [-0.2, -0.15) is 0 Å². The van der Waals surface area contributed by atoms with Gasteiger partial charge >= 0.3 is 5.97 Å². The molecule has 0 radical (unpaired) electrons. The maximum absolute atomic E-state index is 12.2. The maximum atomic E-state index is 12.2. The number of amides is 1. The number of nitrogens with zero attached hydrogens (tertiary/aromatic N) is 1. The lowest BCUT2D eigenvalue weighted by molar-refractivity contribution is 0.0532. The highest BCUT2D eigenvalue weighted by Gasteiger charge is 2.21. The Morgan fingerprint density at radius 1 is 1.25 bits per heavy atom. The predicted octanol–water partition coefficient (Wildman–Crippen LogP) is 3.83. The van der Waals surface area contributed by atoms with Gasteiger partial charge < -0.3 is 9.15 Å². The van der Waals surface area contributed by atoms with Crippen molar-refractivity contribution in [1.82, 2.24) is 4.98 Å². The number of anilines is 1. The summed E-state index contributed by atoms with van der Waals surface area (Å²) in [7, 11) is 0. The smallest absolute Gasteiger partial charge is 0.350 e. The molecule has 0 saturated carbocycles. The lowest BCUT2D eigenvalue weighted by Gasteiger charge is -2.01. The van der Waals surface area contributed by atoms with Crippen LogP contribution < -0.4 is 5.32 Å². The van der Waals surface area contributed by atoms with E-state index in [0.717, 1.165) is 16.9 Å². The average molecular weight is 342 g/mol. The van der Waals surface area contributed by atoms with Gasteiger partial charge in [0.25, 0.3) is 5.91 Å². The third-order valence-electron chi connectivity index (χ3n) is 3.14. The Hall–Kier alpha value is -2.93. The number of benzene rings is 1. The molecule has 1 amide bonds. The van der Waals surface area contributed by atoms with Crippen LogP contribution in [0.25, 0.3) is 11.3 Å². The first-order valence-corrected chi connectivity index (χ1v) is 8.07. The largest absolute Gasteiger partial charge is 0.472 e. The fraction of sp³-hybridized carbons (Fsp3) is 0.118. The van der Waals surface area contributed by atoms with E-state index >= 15 is 0 Å². The molecule has 24 heavy (non-hydrogen) atoms. The Morgan fingerprint density at radius 2 is 2.04 bits per heavy atom. The third kappa shape index (κ3) is 3.36. The lowest BCUT2D eigenvalue weighted by Crippen LogP contribution is -2.10. The van der Waals surface area contributed by atoms with Gasteiger partial charge in [-0.25, -0.2) is 9.78 Å². The molecule has 7 heteroatoms. The molecule has 3 aromatic rings. The van der Waals surface area contributed by atoms with Crippen LogP contribution >= 0.6 is 11.3 Å². The van der Waals surface area contributed by atoms with E-state index in [9.17, 15) is 9.59 Å². The number of hydrogen-bond acceptors (Lipinski definition) is 6. The molecular formula is C17H14N2O4S. The average Bonchev–Trinajstić information content (AvgIpc) is 3.26. The molecule has 0 spiro atoms. The van der Waals surface area contributed by atoms with E-state index in [4.69, 9.17) is 9.15 Å². The minimum absolute atomic E-state index is 0.266. The Balaban J connectivity index is 1.94. The topological polar surface area (TPSA) is 81.4 Å². The van der Waals surface area contributed by atoms with E-state index in [2.05, 4.69) is 10.3 Å². The predicted molar refractivity (Wildman–Crippen MR) is 90.2 cm³/mol. The standard InChI is InChI=1S/C17H14N2O4S/c1-2-23-16(21)14-13(11-6-4-3-5-7-11)18-17(24-14)19-15(20)12-8-9-22-10-12/h3-10H,2H2,1H3,(H,18,19,20). The van der Waals surface area contributed by atoms with Crippen molar-refractivity contribution in [1.29, 1.82) is 0 Å². The molecule has 0 unspecified atom stereocenters. The van der Waals surface area contributed by atoms with Crippen molar-refractivity contribution >= 4 is 28.3 Å². The molecule has 0 bridgehead atoms. The van der Waals surface area contributed by atoms with Crippen LogP contribution in [-0.4, -0.2) is 23.5 Å². The van der Waals surface area contributed by atoms with Crippen molar-refractivity contribution < 1.29 is 18.7 Å². The zero-order valence-electron chi connectivity index (χ0n) is 12.8. The fourth-order valence-corrected chi connectivity index (χ4v) is 2.94. The minimum Gasteiger partial charge on any atom is -0.472 e. The summed E-state index contributed by atoms with van der Waals surface area (Å²) in [6, 6.07) is 10.8. The van der Waals surface area contributed by atoms with Crippen LogP contribution in [-0.2, 0) is 4.74 Å². The van der Waals surface area contributed by atoms with E-state index in [-0.39, 0.29) is 12.5 Å². The zero-order chi connectivity index (χ0) is 16.9. The number of esters is 1. The van der Waals surface area contributed by atoms with Crippen LogP contribution in [0.2, 0.25) is 0 Å². The summed E-state index contributed by atoms with van der Waals surface area (Å²) >= 11 is 1.08. The number of thiazole rings is 1. The van der Waals surface area contributed by atoms with E-state index in [1.807, 2.05) is 30.3 Å². The Kier molecular flexibility index (Phi) is 4.72. The Bertz CT molecular complexity index is 841. The van der Waals surface area contributed by atoms with Crippen LogP contribution in [0.5, 0.6) is 0 Å². The molecule has 3 rings (SSSR count). The Labute approximate surface area is 142 Å². The lowest BCUT2D eigenvalue weighted by atomic mass is 10.1. The summed E-state index contributed by atoms with van der Waals surface area (Å²) in [6.07, 6.45) is 2.75. The number of carbonyl (C=O) groups excluding carboxylic acids is 2. The van der Waals surface area contributed by atoms with E-state index in [1.165, 1.54) is 12.5 Å². The molecule has 1 N–H and O–H groups in total. The van der Waals surface area contributed by atoms with Gasteiger partial charge in [0.05, 0.1) is 24.1 Å². The second-order valence-corrected chi connectivity index (χ2v) is 5.75. The highest BCUT2D eigenvalue weighted by atomic mass is 32.1. The molecular weight excluding hydrogens is 328 g/mol. The van der Waals surface area contributed by atoms with Crippen LogP contribution in [0.4, 0.5) is 5.13 Å². The number of rotatable bonds is 5. The van der Waals surface area contributed by atoms with Crippen LogP contribution in [0, 0.1) is 0 Å². The number of carbonyl (C=O) groups is 2. The van der Waals surface area contributed by atoms with Crippen LogP contribution in [0.3, 0.4) is 0 Å². The second-order valence-electron chi connectivity index (χ2n) is 4.75. The van der Waals surface area contributed by atoms with E-state index in [0.29, 0.717) is 21.3 Å². The molecule has 0 aliphatic heterocycles. The number of aromatic nitrogens is 1. The van der Waals surface area contributed by atoms with Crippen LogP contribution in [0.15, 0.2) is 53.3 Å². The normalized spacial score (nSPS) is 10.4. The van der Waals surface area contributed by atoms with Gasteiger partial charge in [-0.3, -0.25) is 10.1 Å². The van der Waals surface area contributed by atoms with E-state index in [1.54, 1.807) is 13.0 Å². The number of nitrogens with one attached hydrogen (secondary N) is 1. The summed E-state index contributed by atoms with van der Waals surface area (Å²) in [5.41, 5.74) is 1.64. The summed E-state index contributed by atoms with van der Waals surface area (Å²) in [6.45, 7) is 2.00. The van der Waals surface area contributed by atoms with Gasteiger partial charge in [0.1, 0.15) is 11.1 Å². The molecule has 6 nitrogen and oxygen atoms in total. The summed E-state index contributed by atoms with van der Waals surface area (Å²) in [5, 5.41) is 2.99. The van der Waals surface area contributed by atoms with Crippen molar-refractivity contribution in [2.45, 2.75) is 6.92 Å². The maximum Gasteiger partial charge on any atom is 0.350 e. The molecule has 0 fully saturated rings. The zero-order valence-corrected chi connectivity index (χ0v) is 13.6. The highest BCUT2D eigenvalue weighted by molar-refractivity contribution is 7.18. The molecule has 0 aliphatic carbocycles. The van der Waals surface area contributed by atoms with Gasteiger partial charge in [0, 0.05) is 5.56 Å². The molecule has 2 heterocycles. The third-order valence-corrected chi connectivity index (χ3v) is 4.09. The van der Waals surface area contributed by atoms with Gasteiger partial charge in [-0.15, -0.1) is 0 Å². The van der Waals surface area contributed by atoms with Gasteiger partial charge in [0.15, 0.2) is 5.13 Å². The van der Waals surface area contributed by atoms with Crippen molar-refractivity contribution in [3.8, 4) is 11.3 Å². The summed E-state index contributed by atoms with van der Waals surface area (Å²) in [4.78, 5) is 29.0.